The van der Waals surface area contributed by atoms with Gasteiger partial charge in [0.2, 0.25) is 18.6 Å². The second-order valence-electron chi connectivity index (χ2n) is 8.40. The second-order valence-corrected chi connectivity index (χ2v) is 8.40. The van der Waals surface area contributed by atoms with Crippen LogP contribution in [0.15, 0.2) is 72.8 Å². The van der Waals surface area contributed by atoms with E-state index in [1.54, 1.807) is 18.2 Å². The van der Waals surface area contributed by atoms with E-state index in [0.29, 0.717) is 36.4 Å². The van der Waals surface area contributed by atoms with Crippen molar-refractivity contribution < 1.29 is 23.5 Å². The number of nitrogens with zero attached hydrogens (tertiary/aromatic N) is 1. The number of halogens is 1. The lowest BCUT2D eigenvalue weighted by Gasteiger charge is -2.31. The van der Waals surface area contributed by atoms with Crippen molar-refractivity contribution in [1.82, 2.24) is 10.2 Å². The van der Waals surface area contributed by atoms with Gasteiger partial charge in [0.25, 0.3) is 0 Å². The fourth-order valence-electron chi connectivity index (χ4n) is 4.15. The Balaban J connectivity index is 1.59. The van der Waals surface area contributed by atoms with Gasteiger partial charge in [0.05, 0.1) is 0 Å². The van der Waals surface area contributed by atoms with E-state index < -0.39 is 11.9 Å². The first-order valence-electron chi connectivity index (χ1n) is 11.8. The Morgan fingerprint density at radius 3 is 2.49 bits per heavy atom. The fourth-order valence-corrected chi connectivity index (χ4v) is 4.15. The van der Waals surface area contributed by atoms with Crippen molar-refractivity contribution in [1.29, 1.82) is 0 Å². The van der Waals surface area contributed by atoms with E-state index in [1.807, 2.05) is 55.5 Å². The number of fused-ring (bicyclic) bond motifs is 1. The largest absolute Gasteiger partial charge is 0.454 e. The summed E-state index contributed by atoms with van der Waals surface area (Å²) >= 11 is 0. The number of rotatable bonds is 10. The summed E-state index contributed by atoms with van der Waals surface area (Å²) in [5.41, 5.74) is 2.21. The number of likely N-dealkylation sites (N-methyl/N-ethyl adjacent to an activating group) is 1. The zero-order valence-electron chi connectivity index (χ0n) is 19.7. The minimum Gasteiger partial charge on any atom is -0.454 e. The Morgan fingerprint density at radius 1 is 0.971 bits per heavy atom. The third-order valence-electron chi connectivity index (χ3n) is 5.99. The van der Waals surface area contributed by atoms with E-state index in [4.69, 9.17) is 9.47 Å². The molecule has 0 saturated heterocycles. The number of ether oxygens (including phenoxy) is 2. The average Bonchev–Trinajstić information content (AvgIpc) is 3.34. The molecule has 0 bridgehead atoms. The molecule has 7 heteroatoms. The maximum Gasteiger partial charge on any atom is 0.243 e. The summed E-state index contributed by atoms with van der Waals surface area (Å²) in [5.74, 6) is 0.445. The van der Waals surface area contributed by atoms with Crippen molar-refractivity contribution in [3.63, 3.8) is 0 Å². The monoisotopic (exact) mass is 476 g/mol. The zero-order chi connectivity index (χ0) is 24.6. The molecule has 0 aromatic heterocycles. The normalized spacial score (nSPS) is 12.7. The molecule has 1 atom stereocenters. The highest BCUT2D eigenvalue weighted by Gasteiger charge is 2.30. The van der Waals surface area contributed by atoms with Crippen molar-refractivity contribution in [2.75, 3.05) is 13.3 Å². The molecule has 3 aromatic carbocycles. The summed E-state index contributed by atoms with van der Waals surface area (Å²) in [6, 6.07) is 20.7. The molecule has 4 rings (SSSR count). The molecule has 35 heavy (non-hydrogen) atoms. The Kier molecular flexibility index (Phi) is 7.98. The van der Waals surface area contributed by atoms with Gasteiger partial charge in [-0.1, -0.05) is 54.6 Å². The minimum atomic E-state index is -0.777. The number of carbonyl (C=O) groups excluding carboxylic acids is 2. The van der Waals surface area contributed by atoms with Crippen molar-refractivity contribution in [3.8, 4) is 11.5 Å². The maximum atomic E-state index is 14.6. The summed E-state index contributed by atoms with van der Waals surface area (Å²) in [5, 5.41) is 2.85. The molecule has 0 spiro atoms. The number of hydrogen-bond donors (Lipinski definition) is 1. The molecule has 0 radical (unpaired) electrons. The lowest BCUT2D eigenvalue weighted by molar-refractivity contribution is -0.141. The van der Waals surface area contributed by atoms with Gasteiger partial charge in [-0.3, -0.25) is 9.59 Å². The van der Waals surface area contributed by atoms with E-state index in [0.717, 1.165) is 11.1 Å². The summed E-state index contributed by atoms with van der Waals surface area (Å²) < 4.78 is 25.4. The van der Waals surface area contributed by atoms with E-state index in [9.17, 15) is 14.0 Å². The lowest BCUT2D eigenvalue weighted by atomic mass is 10.0. The van der Waals surface area contributed by atoms with Crippen LogP contribution in [0.4, 0.5) is 4.39 Å². The van der Waals surface area contributed by atoms with E-state index in [-0.39, 0.29) is 31.6 Å². The number of nitrogens with one attached hydrogen (secondary N) is 1. The predicted octanol–water partition coefficient (Wildman–Crippen LogP) is 4.26. The van der Waals surface area contributed by atoms with Crippen molar-refractivity contribution >= 4 is 11.8 Å². The molecule has 182 valence electrons. The molecule has 1 aliphatic heterocycles. The smallest absolute Gasteiger partial charge is 0.243 e. The highest BCUT2D eigenvalue weighted by Crippen LogP contribution is 2.33. The molecular formula is C28H29FN2O4. The fraction of sp³-hybridized carbons (Fsp3) is 0.286. The van der Waals surface area contributed by atoms with Crippen LogP contribution in [-0.4, -0.2) is 36.1 Å². The Morgan fingerprint density at radius 2 is 1.71 bits per heavy atom. The predicted molar refractivity (Wildman–Crippen MR) is 130 cm³/mol. The first-order chi connectivity index (χ1) is 17.0. The Labute approximate surface area is 204 Å². The van der Waals surface area contributed by atoms with Gasteiger partial charge in [0.15, 0.2) is 11.5 Å². The van der Waals surface area contributed by atoms with Crippen molar-refractivity contribution in [3.05, 3.63) is 95.3 Å². The SMILES string of the molecule is CCNC(=O)[C@H](Cc1ccccc1)N(Cc1ccccc1F)C(=O)CCc1ccc2c(c1)OCO2. The van der Waals surface area contributed by atoms with Gasteiger partial charge in [-0.05, 0) is 42.7 Å². The van der Waals surface area contributed by atoms with Gasteiger partial charge in [-0.15, -0.1) is 0 Å². The first-order valence-corrected chi connectivity index (χ1v) is 11.8. The number of amides is 2. The van der Waals surface area contributed by atoms with Crippen LogP contribution in [0.3, 0.4) is 0 Å². The van der Waals surface area contributed by atoms with Crippen LogP contribution in [0.5, 0.6) is 11.5 Å². The third kappa shape index (κ3) is 6.18. The van der Waals surface area contributed by atoms with Crippen LogP contribution < -0.4 is 14.8 Å². The van der Waals surface area contributed by atoms with Crippen LogP contribution in [0, 0.1) is 5.82 Å². The number of benzene rings is 3. The summed E-state index contributed by atoms with van der Waals surface area (Å²) in [6.07, 6.45) is 0.951. The summed E-state index contributed by atoms with van der Waals surface area (Å²) in [7, 11) is 0. The van der Waals surface area contributed by atoms with Crippen LogP contribution >= 0.6 is 0 Å². The Hall–Kier alpha value is -3.87. The molecule has 0 fully saturated rings. The highest BCUT2D eigenvalue weighted by atomic mass is 19.1. The molecule has 0 aliphatic carbocycles. The third-order valence-corrected chi connectivity index (χ3v) is 5.99. The van der Waals surface area contributed by atoms with Gasteiger partial charge in [-0.2, -0.15) is 0 Å². The zero-order valence-corrected chi connectivity index (χ0v) is 19.7. The van der Waals surface area contributed by atoms with Crippen LogP contribution in [-0.2, 0) is 29.0 Å². The number of carbonyl (C=O) groups is 2. The topological polar surface area (TPSA) is 67.9 Å². The van der Waals surface area contributed by atoms with Crippen LogP contribution in [0.25, 0.3) is 0 Å². The molecule has 0 saturated carbocycles. The highest BCUT2D eigenvalue weighted by molar-refractivity contribution is 5.88. The lowest BCUT2D eigenvalue weighted by Crippen LogP contribution is -2.50. The van der Waals surface area contributed by atoms with Crippen molar-refractivity contribution in [2.24, 2.45) is 0 Å². The molecule has 1 N–H and O–H groups in total. The number of hydrogen-bond acceptors (Lipinski definition) is 4. The summed E-state index contributed by atoms with van der Waals surface area (Å²) in [4.78, 5) is 28.2. The van der Waals surface area contributed by atoms with Gasteiger partial charge in [0, 0.05) is 31.5 Å². The number of aryl methyl sites for hydroxylation is 1. The first kappa shape index (κ1) is 24.3. The minimum absolute atomic E-state index is 0.00127. The Bertz CT molecular complexity index is 1170. The van der Waals surface area contributed by atoms with Gasteiger partial charge >= 0.3 is 0 Å². The van der Waals surface area contributed by atoms with E-state index >= 15 is 0 Å². The quantitative estimate of drug-likeness (QED) is 0.475. The van der Waals surface area contributed by atoms with Crippen LogP contribution in [0.1, 0.15) is 30.0 Å². The van der Waals surface area contributed by atoms with Crippen LogP contribution in [0.2, 0.25) is 0 Å². The van der Waals surface area contributed by atoms with Crippen molar-refractivity contribution in [2.45, 2.75) is 38.8 Å². The van der Waals surface area contributed by atoms with Gasteiger partial charge in [-0.25, -0.2) is 4.39 Å². The molecule has 0 unspecified atom stereocenters. The molecule has 2 amide bonds. The molecule has 1 heterocycles. The standard InChI is InChI=1S/C28H29FN2O4/c1-2-30-28(33)24(16-20-8-4-3-5-9-20)31(18-22-10-6-7-11-23(22)29)27(32)15-13-21-12-14-25-26(17-21)35-19-34-25/h3-12,14,17,24H,2,13,15-16,18-19H2,1H3,(H,30,33)/t24-/m0/s1. The summed E-state index contributed by atoms with van der Waals surface area (Å²) in [6.45, 7) is 2.45. The molecule has 3 aromatic rings. The van der Waals surface area contributed by atoms with Gasteiger partial charge < -0.3 is 19.7 Å². The second kappa shape index (κ2) is 11.5. The maximum absolute atomic E-state index is 14.6. The molecule has 1 aliphatic rings. The van der Waals surface area contributed by atoms with E-state index in [1.165, 1.54) is 11.0 Å². The van der Waals surface area contributed by atoms with E-state index in [2.05, 4.69) is 5.32 Å². The average molecular weight is 477 g/mol. The molecule has 6 nitrogen and oxygen atoms in total. The molecular weight excluding hydrogens is 447 g/mol. The van der Waals surface area contributed by atoms with Gasteiger partial charge in [0.1, 0.15) is 11.9 Å².